The summed E-state index contributed by atoms with van der Waals surface area (Å²) in [5, 5.41) is 29.4. The van der Waals surface area contributed by atoms with Crippen molar-refractivity contribution in [3.8, 4) is 0 Å². The van der Waals surface area contributed by atoms with Crippen molar-refractivity contribution in [3.05, 3.63) is 78.9 Å². The predicted octanol–water partition coefficient (Wildman–Crippen LogP) is 5.19. The molecule has 5 aromatic carbocycles. The zero-order chi connectivity index (χ0) is 18.8. The van der Waals surface area contributed by atoms with Gasteiger partial charge in [0.25, 0.3) is 0 Å². The van der Waals surface area contributed by atoms with Crippen molar-refractivity contribution >= 4 is 76.4 Å². The number of hydrogen-bond donors (Lipinski definition) is 2. The van der Waals surface area contributed by atoms with Crippen LogP contribution in [0.25, 0.3) is 52.5 Å². The normalized spacial score (nSPS) is 11.9. The van der Waals surface area contributed by atoms with E-state index in [1.54, 1.807) is 17.4 Å². The third kappa shape index (κ3) is 2.05. The molecule has 0 spiro atoms. The van der Waals surface area contributed by atoms with Crippen LogP contribution in [0.2, 0.25) is 0 Å². The fourth-order valence-corrected chi connectivity index (χ4v) is 5.86. The van der Waals surface area contributed by atoms with Gasteiger partial charge in [-0.2, -0.15) is 0 Å². The molecule has 1 aromatic heterocycles. The summed E-state index contributed by atoms with van der Waals surface area (Å²) in [5.74, 6) is 0. The summed E-state index contributed by atoms with van der Waals surface area (Å²) in [6.07, 6.45) is 0. The SMILES string of the molecule is OB(O)c1cccc2c1sc1c2ccc2c3ccccc3c3ccccc3c21. The highest BCUT2D eigenvalue weighted by atomic mass is 32.1. The van der Waals surface area contributed by atoms with E-state index in [4.69, 9.17) is 0 Å². The lowest BCUT2D eigenvalue weighted by atomic mass is 9.79. The first-order valence-corrected chi connectivity index (χ1v) is 10.1. The van der Waals surface area contributed by atoms with Crippen LogP contribution < -0.4 is 5.46 Å². The van der Waals surface area contributed by atoms with Crippen LogP contribution in [0.4, 0.5) is 0 Å². The first-order chi connectivity index (χ1) is 13.7. The first kappa shape index (κ1) is 16.1. The molecule has 132 valence electrons. The maximum absolute atomic E-state index is 9.84. The topological polar surface area (TPSA) is 40.5 Å². The lowest BCUT2D eigenvalue weighted by molar-refractivity contribution is 0.426. The molecule has 0 bridgehead atoms. The Bertz CT molecular complexity index is 1510. The van der Waals surface area contributed by atoms with Crippen molar-refractivity contribution < 1.29 is 10.0 Å². The van der Waals surface area contributed by atoms with Crippen LogP contribution in [0.15, 0.2) is 78.9 Å². The zero-order valence-electron chi connectivity index (χ0n) is 14.9. The van der Waals surface area contributed by atoms with Crippen LogP contribution in [0.3, 0.4) is 0 Å². The van der Waals surface area contributed by atoms with Crippen molar-refractivity contribution in [1.82, 2.24) is 0 Å². The monoisotopic (exact) mass is 378 g/mol. The summed E-state index contributed by atoms with van der Waals surface area (Å²) in [7, 11) is -1.47. The van der Waals surface area contributed by atoms with E-state index in [9.17, 15) is 10.0 Å². The van der Waals surface area contributed by atoms with Gasteiger partial charge >= 0.3 is 7.12 Å². The van der Waals surface area contributed by atoms with E-state index in [2.05, 4.69) is 66.7 Å². The minimum Gasteiger partial charge on any atom is -0.423 e. The van der Waals surface area contributed by atoms with E-state index in [-0.39, 0.29) is 0 Å². The van der Waals surface area contributed by atoms with Crippen molar-refractivity contribution in [2.75, 3.05) is 0 Å². The molecule has 6 aromatic rings. The summed E-state index contributed by atoms with van der Waals surface area (Å²) >= 11 is 1.65. The fourth-order valence-electron chi connectivity index (χ4n) is 4.47. The van der Waals surface area contributed by atoms with Crippen LogP contribution >= 0.6 is 11.3 Å². The Kier molecular flexibility index (Phi) is 3.32. The molecule has 28 heavy (non-hydrogen) atoms. The molecule has 0 aliphatic rings. The van der Waals surface area contributed by atoms with Gasteiger partial charge in [-0.25, -0.2) is 0 Å². The highest BCUT2D eigenvalue weighted by Gasteiger charge is 2.19. The van der Waals surface area contributed by atoms with Gasteiger partial charge in [0, 0.05) is 20.2 Å². The van der Waals surface area contributed by atoms with Gasteiger partial charge < -0.3 is 10.0 Å². The molecule has 0 unspecified atom stereocenters. The molecule has 4 heteroatoms. The molecule has 2 N–H and O–H groups in total. The minimum atomic E-state index is -1.47. The van der Waals surface area contributed by atoms with Gasteiger partial charge in [-0.05, 0) is 37.8 Å². The van der Waals surface area contributed by atoms with Crippen molar-refractivity contribution in [2.45, 2.75) is 0 Å². The molecule has 0 saturated heterocycles. The minimum absolute atomic E-state index is 0.567. The van der Waals surface area contributed by atoms with Crippen molar-refractivity contribution in [3.63, 3.8) is 0 Å². The van der Waals surface area contributed by atoms with E-state index in [0.29, 0.717) is 5.46 Å². The fraction of sp³-hybridized carbons (Fsp3) is 0. The molecule has 0 saturated carbocycles. The smallest absolute Gasteiger partial charge is 0.423 e. The maximum Gasteiger partial charge on any atom is 0.489 e. The average Bonchev–Trinajstić information content (AvgIpc) is 3.12. The number of thiophene rings is 1. The lowest BCUT2D eigenvalue weighted by Crippen LogP contribution is -2.29. The molecule has 0 fully saturated rings. The standard InChI is InChI=1S/C24H15BO2S/c26-25(27)21-11-5-10-19-20-13-12-18-16-8-2-1-6-14(16)15-7-3-4-9-17(15)22(18)24(20)28-23(19)21/h1-13,26-27H. The van der Waals surface area contributed by atoms with Gasteiger partial charge in [0.05, 0.1) is 0 Å². The Morgan fingerprint density at radius 3 is 1.68 bits per heavy atom. The molecule has 0 atom stereocenters. The van der Waals surface area contributed by atoms with Crippen LogP contribution in [0, 0.1) is 0 Å². The quantitative estimate of drug-likeness (QED) is 0.305. The molecule has 0 radical (unpaired) electrons. The second-order valence-corrected chi connectivity index (χ2v) is 8.18. The molecule has 2 nitrogen and oxygen atoms in total. The maximum atomic E-state index is 9.84. The molecular formula is C24H15BO2S. The largest absolute Gasteiger partial charge is 0.489 e. The average molecular weight is 378 g/mol. The van der Waals surface area contributed by atoms with Crippen LogP contribution in [-0.4, -0.2) is 17.2 Å². The summed E-state index contributed by atoms with van der Waals surface area (Å²) in [5.41, 5.74) is 0.567. The number of rotatable bonds is 1. The third-order valence-corrected chi connectivity index (χ3v) is 6.97. The summed E-state index contributed by atoms with van der Waals surface area (Å²) in [4.78, 5) is 0. The molecule has 0 aliphatic heterocycles. The highest BCUT2D eigenvalue weighted by molar-refractivity contribution is 7.28. The second kappa shape index (κ2) is 5.79. The molecule has 1 heterocycles. The van der Waals surface area contributed by atoms with Gasteiger partial charge in [0.15, 0.2) is 0 Å². The Morgan fingerprint density at radius 2 is 1.00 bits per heavy atom. The second-order valence-electron chi connectivity index (χ2n) is 7.16. The van der Waals surface area contributed by atoms with Crippen LogP contribution in [0.5, 0.6) is 0 Å². The van der Waals surface area contributed by atoms with Gasteiger partial charge in [-0.15, -0.1) is 11.3 Å². The van der Waals surface area contributed by atoms with Gasteiger partial charge in [-0.3, -0.25) is 0 Å². The van der Waals surface area contributed by atoms with E-state index < -0.39 is 7.12 Å². The van der Waals surface area contributed by atoms with Gasteiger partial charge in [0.2, 0.25) is 0 Å². The van der Waals surface area contributed by atoms with Gasteiger partial charge in [-0.1, -0.05) is 78.9 Å². The van der Waals surface area contributed by atoms with E-state index >= 15 is 0 Å². The Hall–Kier alpha value is -2.92. The van der Waals surface area contributed by atoms with E-state index in [1.807, 2.05) is 6.07 Å². The zero-order valence-corrected chi connectivity index (χ0v) is 15.7. The summed E-state index contributed by atoms with van der Waals surface area (Å²) in [6, 6.07) is 27.2. The Morgan fingerprint density at radius 1 is 0.500 bits per heavy atom. The van der Waals surface area contributed by atoms with E-state index in [0.717, 1.165) is 15.5 Å². The predicted molar refractivity (Wildman–Crippen MR) is 122 cm³/mol. The summed E-state index contributed by atoms with van der Waals surface area (Å²) in [6.45, 7) is 0. The molecule has 0 amide bonds. The van der Waals surface area contributed by atoms with Gasteiger partial charge in [0.1, 0.15) is 0 Å². The lowest BCUT2D eigenvalue weighted by Gasteiger charge is -2.11. The molecule has 0 aliphatic carbocycles. The van der Waals surface area contributed by atoms with E-state index in [1.165, 1.54) is 37.0 Å². The van der Waals surface area contributed by atoms with Crippen molar-refractivity contribution in [1.29, 1.82) is 0 Å². The Labute approximate surface area is 165 Å². The first-order valence-electron chi connectivity index (χ1n) is 9.27. The number of benzene rings is 5. The molecule has 6 rings (SSSR count). The molecular weight excluding hydrogens is 363 g/mol. The van der Waals surface area contributed by atoms with Crippen molar-refractivity contribution in [2.24, 2.45) is 0 Å². The Balaban J connectivity index is 1.94. The highest BCUT2D eigenvalue weighted by Crippen LogP contribution is 2.43. The van der Waals surface area contributed by atoms with Crippen LogP contribution in [-0.2, 0) is 0 Å². The number of hydrogen-bond acceptors (Lipinski definition) is 3. The summed E-state index contributed by atoms with van der Waals surface area (Å²) < 4.78 is 2.14. The number of fused-ring (bicyclic) bond motifs is 10. The van der Waals surface area contributed by atoms with Crippen LogP contribution in [0.1, 0.15) is 0 Å². The third-order valence-electron chi connectivity index (χ3n) is 5.68.